The van der Waals surface area contributed by atoms with E-state index in [-0.39, 0.29) is 6.10 Å². The molecule has 2 aromatic carbocycles. The monoisotopic (exact) mass is 480 g/mol. The Morgan fingerprint density at radius 2 is 1.94 bits per heavy atom. The highest BCUT2D eigenvalue weighted by molar-refractivity contribution is 6.31. The summed E-state index contributed by atoms with van der Waals surface area (Å²) in [5.41, 5.74) is 2.20. The standard InChI is InChI=1S/C24H29ClO8/c1-30-24(23(29)21(28)22(33-24)20(27)12-26)16-4-7-19(25)15(11-16)10-14-2-5-17(6-3-14)32-18-8-9-31-13-18/h2-7,11,18,20-23,26-29H,8-10,12-13H2,1H3/t18-,20+,21-,22+,23+,24-/m0/s1. The highest BCUT2D eigenvalue weighted by Crippen LogP contribution is 2.42. The van der Waals surface area contributed by atoms with Gasteiger partial charge in [-0.1, -0.05) is 29.8 Å². The molecule has 0 aliphatic carbocycles. The van der Waals surface area contributed by atoms with Gasteiger partial charge in [0.25, 0.3) is 0 Å². The second kappa shape index (κ2) is 10.2. The Balaban J connectivity index is 1.55. The van der Waals surface area contributed by atoms with E-state index in [1.165, 1.54) is 7.11 Å². The quantitative estimate of drug-likeness (QED) is 0.447. The molecule has 0 unspecified atom stereocenters. The SMILES string of the molecule is CO[C@@]1(c2ccc(Cl)c(Cc3ccc(O[C@H]4CCOC4)cc3)c2)O[C@H]([C@H](O)CO)[C@H](O)[C@H]1O. The molecule has 9 heteroatoms. The Morgan fingerprint density at radius 3 is 2.58 bits per heavy atom. The van der Waals surface area contributed by atoms with Gasteiger partial charge in [0.05, 0.1) is 19.8 Å². The highest BCUT2D eigenvalue weighted by atomic mass is 35.5. The van der Waals surface area contributed by atoms with E-state index in [9.17, 15) is 20.4 Å². The molecule has 0 bridgehead atoms. The molecule has 0 saturated carbocycles. The van der Waals surface area contributed by atoms with Crippen molar-refractivity contribution in [2.45, 2.75) is 49.1 Å². The van der Waals surface area contributed by atoms with Crippen LogP contribution in [0.3, 0.4) is 0 Å². The summed E-state index contributed by atoms with van der Waals surface area (Å²) in [6.07, 6.45) is -4.08. The first-order chi connectivity index (χ1) is 15.9. The third kappa shape index (κ3) is 4.89. The lowest BCUT2D eigenvalue weighted by atomic mass is 9.94. The number of ether oxygens (including phenoxy) is 4. The molecule has 0 spiro atoms. The summed E-state index contributed by atoms with van der Waals surface area (Å²) in [7, 11) is 1.34. The van der Waals surface area contributed by atoms with Crippen LogP contribution < -0.4 is 4.74 Å². The van der Waals surface area contributed by atoms with E-state index in [2.05, 4.69) is 0 Å². The lowest BCUT2D eigenvalue weighted by Gasteiger charge is -2.31. The van der Waals surface area contributed by atoms with Crippen LogP contribution in [-0.2, 0) is 26.4 Å². The summed E-state index contributed by atoms with van der Waals surface area (Å²) < 4.78 is 22.5. The largest absolute Gasteiger partial charge is 0.488 e. The van der Waals surface area contributed by atoms with Crippen molar-refractivity contribution >= 4 is 11.6 Å². The van der Waals surface area contributed by atoms with Crippen LogP contribution in [0.5, 0.6) is 5.75 Å². The maximum atomic E-state index is 10.7. The van der Waals surface area contributed by atoms with Crippen molar-refractivity contribution in [3.05, 3.63) is 64.2 Å². The smallest absolute Gasteiger partial charge is 0.224 e. The summed E-state index contributed by atoms with van der Waals surface area (Å²) in [4.78, 5) is 0. The van der Waals surface area contributed by atoms with Crippen molar-refractivity contribution in [2.75, 3.05) is 26.9 Å². The van der Waals surface area contributed by atoms with Gasteiger partial charge in [0.1, 0.15) is 36.3 Å². The molecule has 2 fully saturated rings. The molecule has 2 aliphatic heterocycles. The van der Waals surface area contributed by atoms with Crippen molar-refractivity contribution in [2.24, 2.45) is 0 Å². The molecule has 4 N–H and O–H groups in total. The van der Waals surface area contributed by atoms with E-state index in [0.717, 1.165) is 29.9 Å². The maximum Gasteiger partial charge on any atom is 0.224 e. The highest BCUT2D eigenvalue weighted by Gasteiger charge is 2.57. The van der Waals surface area contributed by atoms with Crippen LogP contribution in [-0.4, -0.2) is 77.9 Å². The summed E-state index contributed by atoms with van der Waals surface area (Å²) >= 11 is 6.45. The van der Waals surface area contributed by atoms with Crippen LogP contribution in [0.1, 0.15) is 23.1 Å². The van der Waals surface area contributed by atoms with Gasteiger partial charge in [-0.25, -0.2) is 0 Å². The molecule has 8 nitrogen and oxygen atoms in total. The topological polar surface area (TPSA) is 118 Å². The van der Waals surface area contributed by atoms with Gasteiger partial charge in [0.15, 0.2) is 0 Å². The van der Waals surface area contributed by atoms with Gasteiger partial charge in [-0.15, -0.1) is 0 Å². The molecule has 4 rings (SSSR count). The zero-order chi connectivity index (χ0) is 23.6. The number of aliphatic hydroxyl groups is 4. The zero-order valence-corrected chi connectivity index (χ0v) is 19.0. The summed E-state index contributed by atoms with van der Waals surface area (Å²) in [6, 6.07) is 12.8. The Labute approximate surface area is 197 Å². The molecule has 0 aromatic heterocycles. The van der Waals surface area contributed by atoms with E-state index < -0.39 is 36.8 Å². The fraction of sp³-hybridized carbons (Fsp3) is 0.500. The van der Waals surface area contributed by atoms with E-state index in [4.69, 9.17) is 30.5 Å². The number of hydrogen-bond donors (Lipinski definition) is 4. The lowest BCUT2D eigenvalue weighted by molar-refractivity contribution is -0.263. The van der Waals surface area contributed by atoms with Gasteiger partial charge in [0, 0.05) is 24.1 Å². The van der Waals surface area contributed by atoms with E-state index in [0.29, 0.717) is 23.6 Å². The zero-order valence-electron chi connectivity index (χ0n) is 18.3. The number of hydrogen-bond acceptors (Lipinski definition) is 8. The molecule has 2 saturated heterocycles. The third-order valence-corrected chi connectivity index (χ3v) is 6.56. The average Bonchev–Trinajstić information content (AvgIpc) is 3.43. The fourth-order valence-electron chi connectivity index (χ4n) is 4.31. The second-order valence-corrected chi connectivity index (χ2v) is 8.78. The number of halogens is 1. The van der Waals surface area contributed by atoms with E-state index in [1.807, 2.05) is 24.3 Å². The van der Waals surface area contributed by atoms with Gasteiger partial charge < -0.3 is 39.4 Å². The summed E-state index contributed by atoms with van der Waals surface area (Å²) in [5.74, 6) is -0.946. The van der Waals surface area contributed by atoms with Gasteiger partial charge in [-0.2, -0.15) is 0 Å². The predicted molar refractivity (Wildman–Crippen MR) is 119 cm³/mol. The van der Waals surface area contributed by atoms with E-state index in [1.54, 1.807) is 18.2 Å². The maximum absolute atomic E-state index is 10.7. The first-order valence-electron chi connectivity index (χ1n) is 10.9. The normalized spacial score (nSPS) is 30.5. The van der Waals surface area contributed by atoms with Crippen LogP contribution in [0.15, 0.2) is 42.5 Å². The number of benzene rings is 2. The van der Waals surface area contributed by atoms with Gasteiger partial charge in [0.2, 0.25) is 5.79 Å². The molecule has 0 amide bonds. The van der Waals surface area contributed by atoms with Crippen LogP contribution in [0.2, 0.25) is 5.02 Å². The molecule has 6 atom stereocenters. The van der Waals surface area contributed by atoms with Crippen molar-refractivity contribution < 1.29 is 39.4 Å². The van der Waals surface area contributed by atoms with Crippen molar-refractivity contribution in [3.63, 3.8) is 0 Å². The summed E-state index contributed by atoms with van der Waals surface area (Å²) in [5, 5.41) is 40.9. The van der Waals surface area contributed by atoms with Crippen LogP contribution in [0, 0.1) is 0 Å². The van der Waals surface area contributed by atoms with Gasteiger partial charge in [-0.05, 0) is 41.8 Å². The molecular weight excluding hydrogens is 452 g/mol. The average molecular weight is 481 g/mol. The molecule has 2 heterocycles. The predicted octanol–water partition coefficient (Wildman–Crippen LogP) is 1.37. The van der Waals surface area contributed by atoms with E-state index >= 15 is 0 Å². The minimum Gasteiger partial charge on any atom is -0.488 e. The number of rotatable bonds is 8. The molecule has 180 valence electrons. The van der Waals surface area contributed by atoms with Crippen LogP contribution >= 0.6 is 11.6 Å². The summed E-state index contributed by atoms with van der Waals surface area (Å²) in [6.45, 7) is 0.688. The minimum atomic E-state index is -1.72. The second-order valence-electron chi connectivity index (χ2n) is 8.37. The number of methoxy groups -OCH3 is 1. The first kappa shape index (κ1) is 24.4. The molecule has 2 aliphatic rings. The van der Waals surface area contributed by atoms with Gasteiger partial charge >= 0.3 is 0 Å². The third-order valence-electron chi connectivity index (χ3n) is 6.19. The number of aliphatic hydroxyl groups excluding tert-OH is 4. The van der Waals surface area contributed by atoms with Gasteiger partial charge in [-0.3, -0.25) is 0 Å². The van der Waals surface area contributed by atoms with Crippen molar-refractivity contribution in [1.29, 1.82) is 0 Å². The Morgan fingerprint density at radius 1 is 1.18 bits per heavy atom. The van der Waals surface area contributed by atoms with Crippen molar-refractivity contribution in [3.8, 4) is 5.75 Å². The van der Waals surface area contributed by atoms with Crippen molar-refractivity contribution in [1.82, 2.24) is 0 Å². The molecule has 33 heavy (non-hydrogen) atoms. The molecule has 0 radical (unpaired) electrons. The molecular formula is C24H29ClO8. The van der Waals surface area contributed by atoms with Crippen LogP contribution in [0.25, 0.3) is 0 Å². The lowest BCUT2D eigenvalue weighted by Crippen LogP contribution is -2.43. The Bertz CT molecular complexity index is 933. The Kier molecular flexibility index (Phi) is 7.57. The van der Waals surface area contributed by atoms with Crippen LogP contribution in [0.4, 0.5) is 0 Å². The Hall–Kier alpha value is -1.75. The molecule has 2 aromatic rings. The minimum absolute atomic E-state index is 0.0774. The fourth-order valence-corrected chi connectivity index (χ4v) is 4.50. The first-order valence-corrected chi connectivity index (χ1v) is 11.3.